The summed E-state index contributed by atoms with van der Waals surface area (Å²) in [5.41, 5.74) is 1.77. The molecule has 1 amide bonds. The first-order chi connectivity index (χ1) is 13.3. The van der Waals surface area contributed by atoms with Gasteiger partial charge in [-0.25, -0.2) is 0 Å². The van der Waals surface area contributed by atoms with Crippen LogP contribution in [-0.2, 0) is 13.0 Å². The average molecular weight is 365 g/mol. The molecular weight excluding hydrogens is 346 g/mol. The predicted octanol–water partition coefficient (Wildman–Crippen LogP) is 3.56. The molecule has 2 heterocycles. The monoisotopic (exact) mass is 365 g/mol. The van der Waals surface area contributed by atoms with E-state index in [9.17, 15) is 4.79 Å². The molecule has 0 bridgehead atoms. The maximum absolute atomic E-state index is 12.4. The summed E-state index contributed by atoms with van der Waals surface area (Å²) < 4.78 is 21.7. The third kappa shape index (κ3) is 4.06. The lowest BCUT2D eigenvalue weighted by Crippen LogP contribution is -2.26. The molecule has 0 aliphatic carbocycles. The summed E-state index contributed by atoms with van der Waals surface area (Å²) >= 11 is 0. The van der Waals surface area contributed by atoms with Crippen LogP contribution in [0.15, 0.2) is 65.3 Å². The van der Waals surface area contributed by atoms with Gasteiger partial charge in [0, 0.05) is 12.1 Å². The van der Waals surface area contributed by atoms with Crippen molar-refractivity contribution >= 4 is 5.91 Å². The number of benzene rings is 2. The van der Waals surface area contributed by atoms with Crippen molar-refractivity contribution < 1.29 is 23.4 Å². The average Bonchev–Trinajstić information content (AvgIpc) is 3.36. The summed E-state index contributed by atoms with van der Waals surface area (Å²) in [7, 11) is 0. The van der Waals surface area contributed by atoms with Gasteiger partial charge in [0.2, 0.25) is 6.79 Å². The van der Waals surface area contributed by atoms with E-state index in [0.717, 1.165) is 22.8 Å². The summed E-state index contributed by atoms with van der Waals surface area (Å²) in [4.78, 5) is 12.4. The van der Waals surface area contributed by atoms with E-state index in [1.54, 1.807) is 6.07 Å². The van der Waals surface area contributed by atoms with Crippen LogP contribution in [0.4, 0.5) is 0 Å². The van der Waals surface area contributed by atoms with Crippen LogP contribution >= 0.6 is 0 Å². The largest absolute Gasteiger partial charge is 0.489 e. The van der Waals surface area contributed by atoms with Gasteiger partial charge in [-0.1, -0.05) is 24.3 Å². The van der Waals surface area contributed by atoms with Crippen molar-refractivity contribution in [3.63, 3.8) is 0 Å². The van der Waals surface area contributed by atoms with Crippen LogP contribution in [0.1, 0.15) is 21.7 Å². The number of nitrogens with one attached hydrogen (secondary N) is 1. The molecule has 0 atom stereocenters. The Morgan fingerprint density at radius 1 is 1.04 bits per heavy atom. The number of amides is 1. The van der Waals surface area contributed by atoms with E-state index < -0.39 is 0 Å². The van der Waals surface area contributed by atoms with Crippen LogP contribution in [0.3, 0.4) is 0 Å². The van der Waals surface area contributed by atoms with Crippen molar-refractivity contribution in [3.05, 3.63) is 77.7 Å². The Balaban J connectivity index is 1.30. The summed E-state index contributed by atoms with van der Waals surface area (Å²) in [6.45, 7) is 1.01. The molecule has 1 N–H and O–H groups in total. The third-order valence-corrected chi connectivity index (χ3v) is 4.23. The van der Waals surface area contributed by atoms with Crippen LogP contribution in [0.2, 0.25) is 0 Å². The molecular formula is C21H19NO5. The summed E-state index contributed by atoms with van der Waals surface area (Å²) in [6, 6.07) is 17.0. The smallest absolute Gasteiger partial charge is 0.287 e. The van der Waals surface area contributed by atoms with Gasteiger partial charge in [0.25, 0.3) is 5.91 Å². The maximum Gasteiger partial charge on any atom is 0.287 e. The number of fused-ring (bicyclic) bond motifs is 1. The highest BCUT2D eigenvalue weighted by molar-refractivity contribution is 5.92. The quantitative estimate of drug-likeness (QED) is 0.693. The van der Waals surface area contributed by atoms with Gasteiger partial charge in [-0.2, -0.15) is 0 Å². The first kappa shape index (κ1) is 17.0. The maximum atomic E-state index is 12.4. The molecule has 0 radical (unpaired) electrons. The lowest BCUT2D eigenvalue weighted by Gasteiger charge is -2.08. The minimum absolute atomic E-state index is 0.252. The van der Waals surface area contributed by atoms with Crippen molar-refractivity contribution in [2.75, 3.05) is 13.3 Å². The Bertz CT molecular complexity index is 919. The van der Waals surface area contributed by atoms with Gasteiger partial charge >= 0.3 is 0 Å². The summed E-state index contributed by atoms with van der Waals surface area (Å²) in [5.74, 6) is 2.25. The van der Waals surface area contributed by atoms with Crippen LogP contribution in [0.25, 0.3) is 0 Å². The summed E-state index contributed by atoms with van der Waals surface area (Å²) in [5, 5.41) is 2.88. The first-order valence-corrected chi connectivity index (χ1v) is 8.70. The molecule has 3 aromatic rings. The van der Waals surface area contributed by atoms with Crippen molar-refractivity contribution in [1.82, 2.24) is 5.32 Å². The third-order valence-electron chi connectivity index (χ3n) is 4.23. The zero-order valence-corrected chi connectivity index (χ0v) is 14.6. The highest BCUT2D eigenvalue weighted by Gasteiger charge is 2.16. The topological polar surface area (TPSA) is 69.9 Å². The molecule has 0 saturated heterocycles. The lowest BCUT2D eigenvalue weighted by atomic mass is 10.1. The molecule has 1 aromatic heterocycles. The van der Waals surface area contributed by atoms with Gasteiger partial charge in [0.15, 0.2) is 17.3 Å². The van der Waals surface area contributed by atoms with Crippen molar-refractivity contribution in [3.8, 4) is 17.2 Å². The van der Waals surface area contributed by atoms with Crippen molar-refractivity contribution in [2.45, 2.75) is 13.0 Å². The van der Waals surface area contributed by atoms with E-state index in [1.165, 1.54) is 6.26 Å². The molecule has 6 nitrogen and oxygen atoms in total. The van der Waals surface area contributed by atoms with Gasteiger partial charge in [-0.3, -0.25) is 4.79 Å². The Morgan fingerprint density at radius 3 is 2.78 bits per heavy atom. The molecule has 0 spiro atoms. The van der Waals surface area contributed by atoms with E-state index in [2.05, 4.69) is 5.32 Å². The highest BCUT2D eigenvalue weighted by atomic mass is 16.7. The Kier molecular flexibility index (Phi) is 4.96. The lowest BCUT2D eigenvalue weighted by molar-refractivity contribution is 0.0923. The molecule has 0 saturated carbocycles. The fraction of sp³-hybridized carbons (Fsp3) is 0.190. The molecule has 6 heteroatoms. The first-order valence-electron chi connectivity index (χ1n) is 8.70. The molecule has 1 aliphatic rings. The van der Waals surface area contributed by atoms with Gasteiger partial charge in [-0.05, 0) is 42.3 Å². The van der Waals surface area contributed by atoms with E-state index in [4.69, 9.17) is 18.6 Å². The Labute approximate surface area is 156 Å². The van der Waals surface area contributed by atoms with E-state index in [-0.39, 0.29) is 25.1 Å². The van der Waals surface area contributed by atoms with Crippen LogP contribution < -0.4 is 19.5 Å². The van der Waals surface area contributed by atoms with Crippen molar-refractivity contribution in [1.29, 1.82) is 0 Å². The number of hydrogen-bond acceptors (Lipinski definition) is 5. The zero-order valence-electron chi connectivity index (χ0n) is 14.6. The van der Waals surface area contributed by atoms with Gasteiger partial charge in [0.05, 0.1) is 6.26 Å². The number of carbonyl (C=O) groups is 1. The molecule has 2 aromatic carbocycles. The van der Waals surface area contributed by atoms with Gasteiger partial charge < -0.3 is 23.9 Å². The predicted molar refractivity (Wildman–Crippen MR) is 98.1 cm³/mol. The van der Waals surface area contributed by atoms with E-state index in [1.807, 2.05) is 48.5 Å². The molecule has 138 valence electrons. The molecule has 0 unspecified atom stereocenters. The van der Waals surface area contributed by atoms with Crippen LogP contribution in [-0.4, -0.2) is 19.2 Å². The standard InChI is InChI=1S/C21H19NO5/c23-21(22-10-8-15-6-7-18-19(12-15)27-14-26-18)20-16(9-11-24-20)13-25-17-4-2-1-3-5-17/h1-7,9,11-12H,8,10,13-14H2,(H,22,23). The summed E-state index contributed by atoms with van der Waals surface area (Å²) in [6.07, 6.45) is 2.18. The fourth-order valence-corrected chi connectivity index (χ4v) is 2.82. The normalized spacial score (nSPS) is 12.0. The highest BCUT2D eigenvalue weighted by Crippen LogP contribution is 2.32. The number of rotatable bonds is 7. The molecule has 4 rings (SSSR count). The second-order valence-electron chi connectivity index (χ2n) is 6.07. The SMILES string of the molecule is O=C(NCCc1ccc2c(c1)OCO2)c1occc1COc1ccccc1. The number of para-hydroxylation sites is 1. The minimum Gasteiger partial charge on any atom is -0.489 e. The fourth-order valence-electron chi connectivity index (χ4n) is 2.82. The number of hydrogen-bond donors (Lipinski definition) is 1. The number of ether oxygens (including phenoxy) is 3. The zero-order chi connectivity index (χ0) is 18.5. The Morgan fingerprint density at radius 2 is 1.89 bits per heavy atom. The van der Waals surface area contributed by atoms with Crippen LogP contribution in [0.5, 0.6) is 17.2 Å². The van der Waals surface area contributed by atoms with E-state index >= 15 is 0 Å². The molecule has 0 fully saturated rings. The minimum atomic E-state index is -0.257. The Hall–Kier alpha value is -3.41. The molecule has 27 heavy (non-hydrogen) atoms. The second-order valence-corrected chi connectivity index (χ2v) is 6.07. The molecule has 1 aliphatic heterocycles. The van der Waals surface area contributed by atoms with Gasteiger partial charge in [0.1, 0.15) is 12.4 Å². The second kappa shape index (κ2) is 7.86. The van der Waals surface area contributed by atoms with Crippen molar-refractivity contribution in [2.24, 2.45) is 0 Å². The van der Waals surface area contributed by atoms with E-state index in [0.29, 0.717) is 18.5 Å². The number of carbonyl (C=O) groups excluding carboxylic acids is 1. The van der Waals surface area contributed by atoms with Gasteiger partial charge in [-0.15, -0.1) is 0 Å². The number of furan rings is 1. The van der Waals surface area contributed by atoms with Crippen LogP contribution in [0, 0.1) is 0 Å².